The van der Waals surface area contributed by atoms with Gasteiger partial charge in [-0.25, -0.2) is 4.98 Å². The Bertz CT molecular complexity index is 407. The smallest absolute Gasteiger partial charge is 0.242 e. The molecular weight excluding hydrogens is 260 g/mol. The molecule has 1 heterocycles. The molecule has 7 nitrogen and oxygen atoms in total. The van der Waals surface area contributed by atoms with Gasteiger partial charge in [-0.3, -0.25) is 0 Å². The predicted octanol–water partition coefficient (Wildman–Crippen LogP) is 1.02. The molecule has 0 aromatic carbocycles. The zero-order chi connectivity index (χ0) is 14.4. The first-order chi connectivity index (χ1) is 9.76. The Hall–Kier alpha value is -1.60. The molecule has 0 bridgehead atoms. The van der Waals surface area contributed by atoms with Gasteiger partial charge in [-0.2, -0.15) is 4.98 Å². The molecule has 2 rings (SSSR count). The average Bonchev–Trinajstić information content (AvgIpc) is 3.27. The Kier molecular flexibility index (Phi) is 5.37. The fourth-order valence-electron chi connectivity index (χ4n) is 1.73. The molecule has 1 saturated carbocycles. The molecule has 20 heavy (non-hydrogen) atoms. The second-order valence-corrected chi connectivity index (χ2v) is 4.68. The van der Waals surface area contributed by atoms with Gasteiger partial charge in [0.1, 0.15) is 18.1 Å². The number of anilines is 2. The summed E-state index contributed by atoms with van der Waals surface area (Å²) in [5.74, 6) is 2.28. The van der Waals surface area contributed by atoms with Crippen molar-refractivity contribution in [2.24, 2.45) is 0 Å². The van der Waals surface area contributed by atoms with Crippen LogP contribution in [0.3, 0.4) is 0 Å². The average molecular weight is 282 g/mol. The second-order valence-electron chi connectivity index (χ2n) is 4.68. The highest BCUT2D eigenvalue weighted by molar-refractivity contribution is 5.67. The van der Waals surface area contributed by atoms with Crippen molar-refractivity contribution in [3.8, 4) is 5.88 Å². The van der Waals surface area contributed by atoms with Gasteiger partial charge in [-0.15, -0.1) is 0 Å². The summed E-state index contributed by atoms with van der Waals surface area (Å²) in [6.07, 6.45) is 2.25. The van der Waals surface area contributed by atoms with E-state index in [1.54, 1.807) is 14.2 Å². The number of rotatable bonds is 9. The summed E-state index contributed by atoms with van der Waals surface area (Å²) < 4.78 is 15.5. The quantitative estimate of drug-likeness (QED) is 0.653. The molecule has 0 aliphatic heterocycles. The van der Waals surface area contributed by atoms with E-state index in [0.29, 0.717) is 49.7 Å². The molecule has 3 N–H and O–H groups in total. The molecular formula is C13H22N4O3. The third-order valence-corrected chi connectivity index (χ3v) is 3.00. The highest BCUT2D eigenvalue weighted by atomic mass is 16.5. The van der Waals surface area contributed by atoms with E-state index in [1.807, 2.05) is 0 Å². The lowest BCUT2D eigenvalue weighted by Crippen LogP contribution is -2.15. The van der Waals surface area contributed by atoms with Crippen molar-refractivity contribution in [1.82, 2.24) is 9.97 Å². The molecule has 112 valence electrons. The largest absolute Gasteiger partial charge is 0.474 e. The van der Waals surface area contributed by atoms with Gasteiger partial charge in [0.2, 0.25) is 5.88 Å². The second kappa shape index (κ2) is 7.25. The third-order valence-electron chi connectivity index (χ3n) is 3.00. The van der Waals surface area contributed by atoms with E-state index in [2.05, 4.69) is 15.3 Å². The molecule has 7 heteroatoms. The maximum absolute atomic E-state index is 6.04. The summed E-state index contributed by atoms with van der Waals surface area (Å²) in [5.41, 5.74) is 6.48. The van der Waals surface area contributed by atoms with Crippen molar-refractivity contribution in [3.63, 3.8) is 0 Å². The molecule has 1 aliphatic carbocycles. The van der Waals surface area contributed by atoms with E-state index in [0.717, 1.165) is 18.7 Å². The number of nitrogens with zero attached hydrogens (tertiary/aromatic N) is 2. The maximum atomic E-state index is 6.04. The minimum absolute atomic E-state index is 0.416. The van der Waals surface area contributed by atoms with Crippen molar-refractivity contribution < 1.29 is 14.2 Å². The van der Waals surface area contributed by atoms with Crippen LogP contribution < -0.4 is 15.8 Å². The summed E-state index contributed by atoms with van der Waals surface area (Å²) >= 11 is 0. The van der Waals surface area contributed by atoms with E-state index >= 15 is 0 Å². The van der Waals surface area contributed by atoms with Gasteiger partial charge < -0.3 is 25.3 Å². The molecule has 1 aromatic rings. The minimum Gasteiger partial charge on any atom is -0.474 e. The summed E-state index contributed by atoms with van der Waals surface area (Å²) in [4.78, 5) is 8.89. The van der Waals surface area contributed by atoms with Crippen LogP contribution in [-0.4, -0.2) is 50.6 Å². The third kappa shape index (κ3) is 3.94. The molecule has 1 aliphatic rings. The molecule has 0 spiro atoms. The molecule has 1 fully saturated rings. The van der Waals surface area contributed by atoms with Gasteiger partial charge in [0, 0.05) is 26.7 Å². The van der Waals surface area contributed by atoms with E-state index in [9.17, 15) is 0 Å². The number of nitrogens with two attached hydrogens (primary N) is 1. The summed E-state index contributed by atoms with van der Waals surface area (Å²) in [6, 6.07) is 0. The summed E-state index contributed by atoms with van der Waals surface area (Å²) in [5, 5.41) is 3.16. The number of nitrogen functional groups attached to an aromatic ring is 1. The van der Waals surface area contributed by atoms with Crippen molar-refractivity contribution in [2.75, 3.05) is 51.6 Å². The Labute approximate surface area is 118 Å². The van der Waals surface area contributed by atoms with E-state index in [4.69, 9.17) is 19.9 Å². The molecule has 1 aromatic heterocycles. The zero-order valence-corrected chi connectivity index (χ0v) is 12.0. The highest BCUT2D eigenvalue weighted by Gasteiger charge is 2.28. The number of nitrogens with one attached hydrogen (secondary N) is 1. The standard InChI is InChI=1S/C13H22N4O3/c1-18-6-5-15-12-10(14)13(20-8-7-19-2)17-11(16-12)9-3-4-9/h9H,3-8,14H2,1-2H3,(H,15,16,17). The van der Waals surface area contributed by atoms with Crippen molar-refractivity contribution in [3.05, 3.63) is 5.82 Å². The maximum Gasteiger partial charge on any atom is 0.242 e. The number of aromatic nitrogens is 2. The SMILES string of the molecule is COCCNc1nc(C2CC2)nc(OCCOC)c1N. The topological polar surface area (TPSA) is 91.5 Å². The van der Waals surface area contributed by atoms with E-state index in [-0.39, 0.29) is 0 Å². The molecule has 0 unspecified atom stereocenters. The Balaban J connectivity index is 2.11. The van der Waals surface area contributed by atoms with Crippen LogP contribution in [0.2, 0.25) is 0 Å². The van der Waals surface area contributed by atoms with Crippen LogP contribution in [0.4, 0.5) is 11.5 Å². The molecule has 0 amide bonds. The first-order valence-electron chi connectivity index (χ1n) is 6.78. The van der Waals surface area contributed by atoms with Gasteiger partial charge in [0.15, 0.2) is 5.82 Å². The number of methoxy groups -OCH3 is 2. The first kappa shape index (κ1) is 14.8. The van der Waals surface area contributed by atoms with Gasteiger partial charge in [0.25, 0.3) is 0 Å². The molecule has 0 radical (unpaired) electrons. The number of ether oxygens (including phenoxy) is 3. The van der Waals surface area contributed by atoms with Gasteiger partial charge in [0.05, 0.1) is 13.2 Å². The molecule has 0 atom stereocenters. The van der Waals surface area contributed by atoms with Crippen LogP contribution in [0.1, 0.15) is 24.6 Å². The lowest BCUT2D eigenvalue weighted by atomic mass is 10.3. The van der Waals surface area contributed by atoms with Crippen molar-refractivity contribution >= 4 is 11.5 Å². The van der Waals surface area contributed by atoms with Gasteiger partial charge in [-0.05, 0) is 12.8 Å². The van der Waals surface area contributed by atoms with E-state index in [1.165, 1.54) is 0 Å². The van der Waals surface area contributed by atoms with Crippen LogP contribution in [0.5, 0.6) is 5.88 Å². The van der Waals surface area contributed by atoms with Gasteiger partial charge >= 0.3 is 0 Å². The van der Waals surface area contributed by atoms with Crippen LogP contribution in [0.25, 0.3) is 0 Å². The van der Waals surface area contributed by atoms with Crippen LogP contribution >= 0.6 is 0 Å². The monoisotopic (exact) mass is 282 g/mol. The Morgan fingerprint density at radius 3 is 2.55 bits per heavy atom. The van der Waals surface area contributed by atoms with Crippen molar-refractivity contribution in [1.29, 1.82) is 0 Å². The van der Waals surface area contributed by atoms with Crippen LogP contribution in [-0.2, 0) is 9.47 Å². The first-order valence-corrected chi connectivity index (χ1v) is 6.78. The lowest BCUT2D eigenvalue weighted by Gasteiger charge is -2.13. The summed E-state index contributed by atoms with van der Waals surface area (Å²) in [6.45, 7) is 2.13. The normalized spacial score (nSPS) is 14.3. The van der Waals surface area contributed by atoms with Crippen LogP contribution in [0.15, 0.2) is 0 Å². The Morgan fingerprint density at radius 2 is 1.90 bits per heavy atom. The number of hydrogen-bond donors (Lipinski definition) is 2. The predicted molar refractivity (Wildman–Crippen MR) is 76.2 cm³/mol. The minimum atomic E-state index is 0.416. The fourth-order valence-corrected chi connectivity index (χ4v) is 1.73. The number of hydrogen-bond acceptors (Lipinski definition) is 7. The summed E-state index contributed by atoms with van der Waals surface area (Å²) in [7, 11) is 3.28. The van der Waals surface area contributed by atoms with Crippen molar-refractivity contribution in [2.45, 2.75) is 18.8 Å². The highest BCUT2D eigenvalue weighted by Crippen LogP contribution is 2.40. The molecule has 0 saturated heterocycles. The van der Waals surface area contributed by atoms with Crippen LogP contribution in [0, 0.1) is 0 Å². The lowest BCUT2D eigenvalue weighted by molar-refractivity contribution is 0.144. The van der Waals surface area contributed by atoms with E-state index < -0.39 is 0 Å². The zero-order valence-electron chi connectivity index (χ0n) is 12.0. The Morgan fingerprint density at radius 1 is 1.15 bits per heavy atom. The fraction of sp³-hybridized carbons (Fsp3) is 0.692. The van der Waals surface area contributed by atoms with Gasteiger partial charge in [-0.1, -0.05) is 0 Å².